The minimum Gasteiger partial charge on any atom is -0.497 e. The predicted molar refractivity (Wildman–Crippen MR) is 118 cm³/mol. The zero-order valence-corrected chi connectivity index (χ0v) is 20.1. The number of hydrogen-bond donors (Lipinski definition) is 0. The van der Waals surface area contributed by atoms with E-state index < -0.39 is 50.4 Å². The largest absolute Gasteiger partial charge is 0.497 e. The Hall–Kier alpha value is -3.12. The van der Waals surface area contributed by atoms with Crippen LogP contribution in [0.5, 0.6) is 11.5 Å². The zero-order valence-electron chi connectivity index (χ0n) is 18.4. The number of hydrogen-bond acceptors (Lipinski definition) is 10. The van der Waals surface area contributed by atoms with Gasteiger partial charge in [0, 0.05) is 0 Å². The van der Waals surface area contributed by atoms with Gasteiger partial charge in [-0.2, -0.15) is 16.8 Å². The molecule has 12 heteroatoms. The fourth-order valence-corrected chi connectivity index (χ4v) is 3.92. The van der Waals surface area contributed by atoms with Gasteiger partial charge in [0.2, 0.25) is 0 Å². The first-order valence-electron chi connectivity index (χ1n) is 9.41. The van der Waals surface area contributed by atoms with E-state index in [0.29, 0.717) is 35.1 Å². The summed E-state index contributed by atoms with van der Waals surface area (Å²) in [4.78, 5) is 26.2. The van der Waals surface area contributed by atoms with Crippen molar-refractivity contribution in [2.24, 2.45) is 5.41 Å². The third-order valence-corrected chi connectivity index (χ3v) is 5.47. The summed E-state index contributed by atoms with van der Waals surface area (Å²) < 4.78 is 66.2. The summed E-state index contributed by atoms with van der Waals surface area (Å²) in [5.74, 6) is -1.94. The van der Waals surface area contributed by atoms with Crippen LogP contribution in [0.1, 0.15) is 11.1 Å². The predicted octanol–water partition coefficient (Wildman–Crippen LogP) is 1.48. The molecule has 33 heavy (non-hydrogen) atoms. The standard InChI is InChI=1S/C21H24O10S2/c1-28-17-9-5-15(6-10-17)13-21(19(22)30-32(3,24)25,20(23)31-33(4,26)27)14-16-7-11-18(29-2)12-8-16/h5-12H,13-14H2,1-4H3. The van der Waals surface area contributed by atoms with Crippen molar-refractivity contribution < 1.29 is 44.3 Å². The second-order valence-corrected chi connectivity index (χ2v) is 10.4. The Morgan fingerprint density at radius 3 is 1.21 bits per heavy atom. The highest BCUT2D eigenvalue weighted by Crippen LogP contribution is 2.34. The van der Waals surface area contributed by atoms with Crippen molar-refractivity contribution in [3.63, 3.8) is 0 Å². The van der Waals surface area contributed by atoms with E-state index in [0.717, 1.165) is 0 Å². The first-order chi connectivity index (χ1) is 15.3. The van der Waals surface area contributed by atoms with E-state index in [1.165, 1.54) is 14.2 Å². The molecule has 0 heterocycles. The van der Waals surface area contributed by atoms with Gasteiger partial charge in [0.25, 0.3) is 0 Å². The minimum absolute atomic E-state index is 0.403. The van der Waals surface area contributed by atoms with E-state index in [2.05, 4.69) is 8.37 Å². The fourth-order valence-electron chi connectivity index (χ4n) is 3.05. The molecule has 0 amide bonds. The van der Waals surface area contributed by atoms with Crippen LogP contribution in [0.4, 0.5) is 0 Å². The minimum atomic E-state index is -4.34. The molecule has 0 aromatic heterocycles. The van der Waals surface area contributed by atoms with Crippen molar-refractivity contribution in [3.05, 3.63) is 59.7 Å². The summed E-state index contributed by atoms with van der Waals surface area (Å²) in [7, 11) is -5.76. The highest BCUT2D eigenvalue weighted by Gasteiger charge is 2.51. The van der Waals surface area contributed by atoms with Gasteiger partial charge in [-0.1, -0.05) is 24.3 Å². The maximum atomic E-state index is 13.1. The molecule has 2 aromatic rings. The summed E-state index contributed by atoms with van der Waals surface area (Å²) in [6.07, 6.45) is 0.452. The molecule has 0 aliphatic rings. The Labute approximate surface area is 192 Å². The highest BCUT2D eigenvalue weighted by molar-refractivity contribution is 7.86. The summed E-state index contributed by atoms with van der Waals surface area (Å²) >= 11 is 0. The van der Waals surface area contributed by atoms with Crippen LogP contribution in [0.15, 0.2) is 48.5 Å². The normalized spacial score (nSPS) is 12.0. The van der Waals surface area contributed by atoms with E-state index in [1.54, 1.807) is 48.5 Å². The second-order valence-electron chi connectivity index (χ2n) is 7.28. The van der Waals surface area contributed by atoms with Crippen molar-refractivity contribution in [2.45, 2.75) is 12.8 Å². The van der Waals surface area contributed by atoms with Crippen LogP contribution in [0, 0.1) is 5.41 Å². The number of ether oxygens (including phenoxy) is 2. The number of rotatable bonds is 10. The smallest absolute Gasteiger partial charge is 0.340 e. The quantitative estimate of drug-likeness (QED) is 0.348. The third kappa shape index (κ3) is 7.46. The molecule has 0 bridgehead atoms. The van der Waals surface area contributed by atoms with Gasteiger partial charge >= 0.3 is 32.2 Å². The second kappa shape index (κ2) is 10.2. The van der Waals surface area contributed by atoms with Crippen LogP contribution in [0.2, 0.25) is 0 Å². The lowest BCUT2D eigenvalue weighted by Gasteiger charge is -2.28. The monoisotopic (exact) mass is 500 g/mol. The Kier molecular flexibility index (Phi) is 8.09. The van der Waals surface area contributed by atoms with Crippen LogP contribution < -0.4 is 9.47 Å². The number of carbonyl (C=O) groups excluding carboxylic acids is 2. The first kappa shape index (κ1) is 26.1. The molecule has 0 N–H and O–H groups in total. The molecule has 2 rings (SSSR count). The maximum Gasteiger partial charge on any atom is 0.340 e. The SMILES string of the molecule is COc1ccc(CC(Cc2ccc(OC)cc2)(C(=O)OS(C)(=O)=O)C(=O)OS(C)(=O)=O)cc1. The molecule has 0 aliphatic heterocycles. The van der Waals surface area contributed by atoms with Gasteiger partial charge in [-0.05, 0) is 48.2 Å². The Morgan fingerprint density at radius 1 is 0.667 bits per heavy atom. The summed E-state index contributed by atoms with van der Waals surface area (Å²) in [5.41, 5.74) is -1.53. The zero-order chi connectivity index (χ0) is 24.9. The van der Waals surface area contributed by atoms with Gasteiger partial charge in [-0.25, -0.2) is 9.59 Å². The lowest BCUT2D eigenvalue weighted by molar-refractivity contribution is -0.160. The molecule has 0 fully saturated rings. The van der Waals surface area contributed by atoms with Crippen LogP contribution in [0.25, 0.3) is 0 Å². The lowest BCUT2D eigenvalue weighted by atomic mass is 9.76. The molecular weight excluding hydrogens is 476 g/mol. The van der Waals surface area contributed by atoms with E-state index in [1.807, 2.05) is 0 Å². The molecule has 0 radical (unpaired) electrons. The third-order valence-electron chi connectivity index (χ3n) is 4.57. The van der Waals surface area contributed by atoms with Crippen molar-refractivity contribution in [3.8, 4) is 11.5 Å². The van der Waals surface area contributed by atoms with Gasteiger partial charge in [-0.15, -0.1) is 0 Å². The molecule has 0 saturated heterocycles. The van der Waals surface area contributed by atoms with E-state index in [9.17, 15) is 26.4 Å². The molecule has 10 nitrogen and oxygen atoms in total. The highest BCUT2D eigenvalue weighted by atomic mass is 32.2. The number of carbonyl (C=O) groups is 2. The van der Waals surface area contributed by atoms with E-state index >= 15 is 0 Å². The van der Waals surface area contributed by atoms with Gasteiger partial charge in [0.1, 0.15) is 11.5 Å². The molecule has 180 valence electrons. The number of methoxy groups -OCH3 is 2. The molecule has 0 atom stereocenters. The summed E-state index contributed by atoms with van der Waals surface area (Å²) in [6.45, 7) is 0. The topological polar surface area (TPSA) is 139 Å². The first-order valence-corrected chi connectivity index (χ1v) is 13.0. The molecule has 0 aliphatic carbocycles. The Morgan fingerprint density at radius 2 is 0.970 bits per heavy atom. The van der Waals surface area contributed by atoms with Gasteiger partial charge in [0.15, 0.2) is 5.41 Å². The maximum absolute atomic E-state index is 13.1. The van der Waals surface area contributed by atoms with Gasteiger partial charge in [-0.3, -0.25) is 0 Å². The average Bonchev–Trinajstić information content (AvgIpc) is 2.71. The summed E-state index contributed by atoms with van der Waals surface area (Å²) in [6, 6.07) is 12.4. The van der Waals surface area contributed by atoms with Gasteiger partial charge < -0.3 is 17.8 Å². The van der Waals surface area contributed by atoms with Crippen molar-refractivity contribution in [1.82, 2.24) is 0 Å². The van der Waals surface area contributed by atoms with E-state index in [-0.39, 0.29) is 0 Å². The fraction of sp³-hybridized carbons (Fsp3) is 0.333. The van der Waals surface area contributed by atoms with Crippen LogP contribution >= 0.6 is 0 Å². The summed E-state index contributed by atoms with van der Waals surface area (Å²) in [5, 5.41) is 0. The Balaban J connectivity index is 2.65. The van der Waals surface area contributed by atoms with Crippen molar-refractivity contribution in [2.75, 3.05) is 26.7 Å². The van der Waals surface area contributed by atoms with Crippen LogP contribution in [-0.2, 0) is 51.0 Å². The van der Waals surface area contributed by atoms with Crippen molar-refractivity contribution >= 4 is 32.2 Å². The van der Waals surface area contributed by atoms with Crippen molar-refractivity contribution in [1.29, 1.82) is 0 Å². The van der Waals surface area contributed by atoms with E-state index in [4.69, 9.17) is 9.47 Å². The molecule has 0 unspecified atom stereocenters. The lowest BCUT2D eigenvalue weighted by Crippen LogP contribution is -2.47. The molecular formula is C21H24O10S2. The molecule has 0 saturated carbocycles. The van der Waals surface area contributed by atoms with Gasteiger partial charge in [0.05, 0.1) is 26.7 Å². The Bertz CT molecular complexity index is 1100. The molecule has 0 spiro atoms. The molecule has 2 aromatic carbocycles. The number of benzene rings is 2. The average molecular weight is 501 g/mol. The van der Waals surface area contributed by atoms with Crippen LogP contribution in [0.3, 0.4) is 0 Å². The van der Waals surface area contributed by atoms with Crippen LogP contribution in [-0.4, -0.2) is 55.5 Å².